The summed E-state index contributed by atoms with van der Waals surface area (Å²) < 4.78 is 19.1. The molecule has 5 nitrogen and oxygen atoms in total. The maximum absolute atomic E-state index is 14.1. The number of nitrogens with zero attached hydrogens (tertiary/aromatic N) is 1. The van der Waals surface area contributed by atoms with Crippen molar-refractivity contribution in [1.29, 1.82) is 0 Å². The van der Waals surface area contributed by atoms with Crippen LogP contribution in [0.2, 0.25) is 0 Å². The zero-order chi connectivity index (χ0) is 15.7. The van der Waals surface area contributed by atoms with Gasteiger partial charge in [-0.25, -0.2) is 9.18 Å². The molecule has 0 aliphatic carbocycles. The number of carbonyl (C=O) groups is 2. The van der Waals surface area contributed by atoms with Crippen molar-refractivity contribution in [3.8, 4) is 11.1 Å². The van der Waals surface area contributed by atoms with Crippen LogP contribution in [0.3, 0.4) is 0 Å². The SMILES string of the molecule is O=C(c1cccc(-c2ccoc2)c1)N1CC[C@@](F)(C(=O)O)C1. The first kappa shape index (κ1) is 14.3. The van der Waals surface area contributed by atoms with Gasteiger partial charge < -0.3 is 14.4 Å². The molecule has 22 heavy (non-hydrogen) atoms. The third-order valence-electron chi connectivity index (χ3n) is 3.85. The lowest BCUT2D eigenvalue weighted by Gasteiger charge is -2.18. The summed E-state index contributed by atoms with van der Waals surface area (Å²) in [5.74, 6) is -1.89. The first-order valence-electron chi connectivity index (χ1n) is 6.84. The second-order valence-corrected chi connectivity index (χ2v) is 5.34. The standard InChI is InChI=1S/C16H14FNO4/c17-16(15(20)21)5-6-18(10-16)14(19)12-3-1-2-11(8-12)13-4-7-22-9-13/h1-4,7-9H,5-6,10H2,(H,20,21)/t16-/m0/s1. The number of carbonyl (C=O) groups excluding carboxylic acids is 1. The largest absolute Gasteiger partial charge is 0.479 e. The monoisotopic (exact) mass is 303 g/mol. The Hall–Kier alpha value is -2.63. The van der Waals surface area contributed by atoms with Gasteiger partial charge in [0.1, 0.15) is 0 Å². The van der Waals surface area contributed by atoms with Crippen molar-refractivity contribution in [2.45, 2.75) is 12.1 Å². The minimum absolute atomic E-state index is 0.0948. The Balaban J connectivity index is 1.82. The summed E-state index contributed by atoms with van der Waals surface area (Å²) in [6.45, 7) is -0.325. The van der Waals surface area contributed by atoms with Crippen molar-refractivity contribution in [3.05, 3.63) is 48.4 Å². The molecule has 0 saturated carbocycles. The van der Waals surface area contributed by atoms with Crippen LogP contribution < -0.4 is 0 Å². The highest BCUT2D eigenvalue weighted by Crippen LogP contribution is 2.28. The Morgan fingerprint density at radius 3 is 2.73 bits per heavy atom. The summed E-state index contributed by atoms with van der Waals surface area (Å²) >= 11 is 0. The Bertz CT molecular complexity index is 713. The number of hydrogen-bond donors (Lipinski definition) is 1. The molecule has 1 aliphatic rings. The van der Waals surface area contributed by atoms with Crippen molar-refractivity contribution < 1.29 is 23.5 Å². The first-order valence-corrected chi connectivity index (χ1v) is 6.84. The Labute approximate surface area is 126 Å². The minimum Gasteiger partial charge on any atom is -0.479 e. The topological polar surface area (TPSA) is 70.8 Å². The number of halogens is 1. The lowest BCUT2D eigenvalue weighted by atomic mass is 10.1. The van der Waals surface area contributed by atoms with Gasteiger partial charge in [-0.1, -0.05) is 12.1 Å². The fourth-order valence-electron chi connectivity index (χ4n) is 2.56. The predicted molar refractivity (Wildman–Crippen MR) is 76.1 cm³/mol. The average Bonchev–Trinajstić information content (AvgIpc) is 3.17. The number of amides is 1. The highest BCUT2D eigenvalue weighted by Gasteiger charge is 2.46. The van der Waals surface area contributed by atoms with E-state index in [1.807, 2.05) is 6.07 Å². The summed E-state index contributed by atoms with van der Waals surface area (Å²) in [7, 11) is 0. The fourth-order valence-corrected chi connectivity index (χ4v) is 2.56. The van der Waals surface area contributed by atoms with Crippen LogP contribution in [0.15, 0.2) is 47.3 Å². The van der Waals surface area contributed by atoms with Gasteiger partial charge in [0.05, 0.1) is 19.1 Å². The lowest BCUT2D eigenvalue weighted by molar-refractivity contribution is -0.149. The van der Waals surface area contributed by atoms with Gasteiger partial charge in [-0.05, 0) is 23.8 Å². The highest BCUT2D eigenvalue weighted by molar-refractivity contribution is 5.96. The first-order chi connectivity index (χ1) is 10.5. The van der Waals surface area contributed by atoms with E-state index >= 15 is 0 Å². The smallest absolute Gasteiger partial charge is 0.343 e. The summed E-state index contributed by atoms with van der Waals surface area (Å²) in [6, 6.07) is 8.65. The number of hydrogen-bond acceptors (Lipinski definition) is 3. The molecule has 1 fully saturated rings. The van der Waals surface area contributed by atoms with Crippen molar-refractivity contribution in [1.82, 2.24) is 4.90 Å². The number of aliphatic carboxylic acids is 1. The molecule has 1 saturated heterocycles. The van der Waals surface area contributed by atoms with Gasteiger partial charge in [0.15, 0.2) is 0 Å². The quantitative estimate of drug-likeness (QED) is 0.946. The van der Waals surface area contributed by atoms with Crippen LogP contribution in [0.5, 0.6) is 0 Å². The van der Waals surface area contributed by atoms with Gasteiger partial charge in [-0.15, -0.1) is 0 Å². The molecule has 1 amide bonds. The Morgan fingerprint density at radius 1 is 1.27 bits per heavy atom. The molecule has 0 bridgehead atoms. The van der Waals surface area contributed by atoms with Gasteiger partial charge in [0.25, 0.3) is 5.91 Å². The molecule has 6 heteroatoms. The van der Waals surface area contributed by atoms with Crippen LogP contribution in [0.1, 0.15) is 16.8 Å². The predicted octanol–water partition coefficient (Wildman–Crippen LogP) is 2.59. The zero-order valence-electron chi connectivity index (χ0n) is 11.7. The molecule has 1 aromatic carbocycles. The number of rotatable bonds is 3. The molecule has 2 heterocycles. The highest BCUT2D eigenvalue weighted by atomic mass is 19.1. The van der Waals surface area contributed by atoms with E-state index in [-0.39, 0.29) is 18.9 Å². The van der Waals surface area contributed by atoms with Gasteiger partial charge in [0.2, 0.25) is 5.67 Å². The maximum Gasteiger partial charge on any atom is 0.343 e. The van der Waals surface area contributed by atoms with Crippen molar-refractivity contribution in [2.75, 3.05) is 13.1 Å². The number of benzene rings is 1. The van der Waals surface area contributed by atoms with E-state index in [2.05, 4.69) is 0 Å². The Morgan fingerprint density at radius 2 is 2.09 bits per heavy atom. The molecular weight excluding hydrogens is 289 g/mol. The zero-order valence-corrected chi connectivity index (χ0v) is 11.7. The van der Waals surface area contributed by atoms with Crippen LogP contribution in [0.4, 0.5) is 4.39 Å². The maximum atomic E-state index is 14.1. The molecule has 0 radical (unpaired) electrons. The van der Waals surface area contributed by atoms with Gasteiger partial charge in [-0.3, -0.25) is 4.79 Å². The minimum atomic E-state index is -2.35. The van der Waals surface area contributed by atoms with Gasteiger partial charge in [-0.2, -0.15) is 0 Å². The fraction of sp³-hybridized carbons (Fsp3) is 0.250. The number of alkyl halides is 1. The lowest BCUT2D eigenvalue weighted by Crippen LogP contribution is -2.38. The third kappa shape index (κ3) is 2.47. The summed E-state index contributed by atoms with van der Waals surface area (Å²) in [6.07, 6.45) is 2.92. The van der Waals surface area contributed by atoms with E-state index in [0.29, 0.717) is 5.56 Å². The van der Waals surface area contributed by atoms with Crippen LogP contribution in [-0.2, 0) is 4.79 Å². The molecule has 1 N–H and O–H groups in total. The third-order valence-corrected chi connectivity index (χ3v) is 3.85. The number of likely N-dealkylation sites (tertiary alicyclic amines) is 1. The normalized spacial score (nSPS) is 21.0. The van der Waals surface area contributed by atoms with Crippen LogP contribution in [0, 0.1) is 0 Å². The van der Waals surface area contributed by atoms with Crippen LogP contribution in [-0.4, -0.2) is 40.6 Å². The van der Waals surface area contributed by atoms with Gasteiger partial charge >= 0.3 is 5.97 Å². The molecule has 2 aromatic rings. The number of furan rings is 1. The average molecular weight is 303 g/mol. The van der Waals surface area contributed by atoms with E-state index in [4.69, 9.17) is 9.52 Å². The number of carboxylic acids is 1. The molecule has 3 rings (SSSR count). The van der Waals surface area contributed by atoms with Crippen LogP contribution in [0.25, 0.3) is 11.1 Å². The van der Waals surface area contributed by atoms with E-state index in [1.165, 1.54) is 11.2 Å². The molecule has 1 atom stereocenters. The van der Waals surface area contributed by atoms with E-state index in [9.17, 15) is 14.0 Å². The molecule has 1 aliphatic heterocycles. The van der Waals surface area contributed by atoms with E-state index in [1.54, 1.807) is 30.5 Å². The molecule has 0 unspecified atom stereocenters. The van der Waals surface area contributed by atoms with E-state index < -0.39 is 18.2 Å². The molecule has 114 valence electrons. The molecule has 0 spiro atoms. The van der Waals surface area contributed by atoms with Crippen molar-refractivity contribution in [3.63, 3.8) is 0 Å². The molecule has 1 aromatic heterocycles. The summed E-state index contributed by atoms with van der Waals surface area (Å²) in [4.78, 5) is 24.6. The van der Waals surface area contributed by atoms with Crippen molar-refractivity contribution >= 4 is 11.9 Å². The number of carboxylic acid groups (broad SMARTS) is 1. The van der Waals surface area contributed by atoms with Crippen molar-refractivity contribution in [2.24, 2.45) is 0 Å². The van der Waals surface area contributed by atoms with E-state index in [0.717, 1.165) is 11.1 Å². The molecular formula is C16H14FNO4. The summed E-state index contributed by atoms with van der Waals surface area (Å²) in [5, 5.41) is 8.89. The second kappa shape index (κ2) is 5.29. The summed E-state index contributed by atoms with van der Waals surface area (Å²) in [5.41, 5.74) is -0.309. The Kier molecular flexibility index (Phi) is 3.44. The van der Waals surface area contributed by atoms with Gasteiger partial charge in [0, 0.05) is 24.1 Å². The van der Waals surface area contributed by atoms with Crippen LogP contribution >= 0.6 is 0 Å². The second-order valence-electron chi connectivity index (χ2n) is 5.34.